The highest BCUT2D eigenvalue weighted by Gasteiger charge is 2.28. The first kappa shape index (κ1) is 32.3. The van der Waals surface area contributed by atoms with Crippen LogP contribution in [-0.4, -0.2) is 66.5 Å². The summed E-state index contributed by atoms with van der Waals surface area (Å²) < 4.78 is 53.5. The topological polar surface area (TPSA) is 95.6 Å². The van der Waals surface area contributed by atoms with Gasteiger partial charge < -0.3 is 10.2 Å². The molecule has 5 rings (SSSR count). The lowest BCUT2D eigenvalue weighted by atomic mass is 9.85. The summed E-state index contributed by atoms with van der Waals surface area (Å²) in [6.07, 6.45) is 3.70. The number of rotatable bonds is 10. The number of sulfone groups is 1. The van der Waals surface area contributed by atoms with E-state index in [1.165, 1.54) is 17.7 Å². The Morgan fingerprint density at radius 1 is 0.977 bits per heavy atom. The Morgan fingerprint density at radius 3 is 2.30 bits per heavy atom. The molecule has 44 heavy (non-hydrogen) atoms. The summed E-state index contributed by atoms with van der Waals surface area (Å²) in [5.41, 5.74) is 4.15. The first-order valence-electron chi connectivity index (χ1n) is 15.3. The van der Waals surface area contributed by atoms with Gasteiger partial charge in [-0.05, 0) is 91.4 Å². The third-order valence-corrected chi connectivity index (χ3v) is 12.2. The first-order chi connectivity index (χ1) is 21.0. The number of carbonyl (C=O) groups excluding carboxylic acids is 1. The molecule has 1 saturated heterocycles. The number of halogens is 1. The Hall–Kier alpha value is -3.05. The molecular weight excluding hydrogens is 598 g/mol. The van der Waals surface area contributed by atoms with E-state index in [2.05, 4.69) is 39.0 Å². The normalized spacial score (nSPS) is 22.5. The second kappa shape index (κ2) is 13.9. The van der Waals surface area contributed by atoms with Crippen LogP contribution in [0.1, 0.15) is 49.8 Å². The Morgan fingerprint density at radius 2 is 1.64 bits per heavy atom. The van der Waals surface area contributed by atoms with E-state index in [-0.39, 0.29) is 41.2 Å². The molecule has 3 aromatic carbocycles. The maximum absolute atomic E-state index is 13.6. The maximum atomic E-state index is 13.6. The van der Waals surface area contributed by atoms with Crippen LogP contribution in [0.5, 0.6) is 0 Å². The maximum Gasteiger partial charge on any atom is 0.223 e. The fraction of sp³-hybridized carbons (Fsp3) is 0.412. The van der Waals surface area contributed by atoms with Crippen molar-refractivity contribution in [3.05, 3.63) is 89.7 Å². The fourth-order valence-corrected chi connectivity index (χ4v) is 8.77. The minimum atomic E-state index is -2.88. The van der Waals surface area contributed by atoms with E-state index in [4.69, 9.17) is 0 Å². The molecule has 1 saturated carbocycles. The SMILES string of the molecule is C=S(=O)(NC1CCC(C(=O)NC(C)c2ccc(F)cc2)CC1)c1ccc(-c2cccc(CCN3CCS(=O)(=O)CC3)c2)cc1. The van der Waals surface area contributed by atoms with Gasteiger partial charge in [0.15, 0.2) is 9.84 Å². The minimum Gasteiger partial charge on any atom is -0.349 e. The number of amides is 1. The van der Waals surface area contributed by atoms with Crippen molar-refractivity contribution in [1.29, 1.82) is 0 Å². The molecule has 1 aliphatic carbocycles. The van der Waals surface area contributed by atoms with Gasteiger partial charge in [0.05, 0.1) is 27.3 Å². The number of hydrogen-bond acceptors (Lipinski definition) is 5. The zero-order valence-electron chi connectivity index (χ0n) is 25.2. The molecule has 7 nitrogen and oxygen atoms in total. The summed E-state index contributed by atoms with van der Waals surface area (Å²) in [4.78, 5) is 15.7. The molecule has 2 N–H and O–H groups in total. The number of benzene rings is 3. The summed E-state index contributed by atoms with van der Waals surface area (Å²) in [7, 11) is -5.60. The predicted molar refractivity (Wildman–Crippen MR) is 176 cm³/mol. The highest BCUT2D eigenvalue weighted by atomic mass is 32.2. The van der Waals surface area contributed by atoms with Gasteiger partial charge in [-0.15, -0.1) is 0 Å². The van der Waals surface area contributed by atoms with Gasteiger partial charge in [-0.25, -0.2) is 21.7 Å². The standard InChI is InChI=1S/C34H42FN3O4S2/c1-25(27-6-12-31(35)13-7-27)36-34(39)29-8-14-32(15-9-29)37-43(2,40)33-16-10-28(11-17-33)30-5-3-4-26(24-30)18-19-38-20-22-44(41,42)23-21-38/h3-7,10-13,16-17,24-25,29,32H,2,8-9,14-15,18-23H2,1H3,(H,36,39)(H,37,40). The number of hydrogen-bond donors (Lipinski definition) is 2. The van der Waals surface area contributed by atoms with Crippen LogP contribution in [0.15, 0.2) is 77.7 Å². The monoisotopic (exact) mass is 639 g/mol. The van der Waals surface area contributed by atoms with E-state index >= 15 is 0 Å². The van der Waals surface area contributed by atoms with Crippen LogP contribution in [0.3, 0.4) is 0 Å². The second-order valence-electron chi connectivity index (χ2n) is 12.1. The van der Waals surface area contributed by atoms with Crippen molar-refractivity contribution in [2.24, 2.45) is 5.92 Å². The molecule has 2 fully saturated rings. The molecule has 0 spiro atoms. The second-order valence-corrected chi connectivity index (χ2v) is 16.5. The molecule has 2 unspecified atom stereocenters. The number of nitrogens with one attached hydrogen (secondary N) is 2. The van der Waals surface area contributed by atoms with E-state index in [0.29, 0.717) is 30.8 Å². The van der Waals surface area contributed by atoms with Crippen LogP contribution in [0.2, 0.25) is 0 Å². The third-order valence-electron chi connectivity index (χ3n) is 8.83. The smallest absolute Gasteiger partial charge is 0.223 e. The molecule has 0 bridgehead atoms. The van der Waals surface area contributed by atoms with E-state index in [1.807, 2.05) is 37.3 Å². The molecule has 1 heterocycles. The van der Waals surface area contributed by atoms with Crippen LogP contribution in [0.25, 0.3) is 11.1 Å². The highest BCUT2D eigenvalue weighted by molar-refractivity contribution is 7.98. The van der Waals surface area contributed by atoms with Crippen LogP contribution in [-0.2, 0) is 30.8 Å². The van der Waals surface area contributed by atoms with E-state index in [0.717, 1.165) is 42.5 Å². The molecule has 2 atom stereocenters. The molecule has 0 radical (unpaired) electrons. The van der Waals surface area contributed by atoms with Gasteiger partial charge in [0, 0.05) is 36.5 Å². The largest absolute Gasteiger partial charge is 0.349 e. The lowest BCUT2D eigenvalue weighted by Gasteiger charge is -2.30. The van der Waals surface area contributed by atoms with Crippen LogP contribution >= 0.6 is 0 Å². The van der Waals surface area contributed by atoms with Crippen molar-refractivity contribution in [2.45, 2.75) is 56.0 Å². The zero-order valence-corrected chi connectivity index (χ0v) is 26.8. The average molecular weight is 640 g/mol. The Kier molecular flexibility index (Phi) is 10.2. The first-order valence-corrected chi connectivity index (χ1v) is 18.8. The predicted octanol–water partition coefficient (Wildman–Crippen LogP) is 4.78. The van der Waals surface area contributed by atoms with Gasteiger partial charge in [0.25, 0.3) is 0 Å². The van der Waals surface area contributed by atoms with Crippen LogP contribution in [0.4, 0.5) is 4.39 Å². The quantitative estimate of drug-likeness (QED) is 0.312. The van der Waals surface area contributed by atoms with Crippen molar-refractivity contribution >= 4 is 31.3 Å². The van der Waals surface area contributed by atoms with Crippen LogP contribution < -0.4 is 10.0 Å². The van der Waals surface area contributed by atoms with E-state index < -0.39 is 19.5 Å². The summed E-state index contributed by atoms with van der Waals surface area (Å²) >= 11 is 0. The molecular formula is C34H42FN3O4S2. The van der Waals surface area contributed by atoms with Crippen LogP contribution in [0, 0.1) is 11.7 Å². The molecule has 10 heteroatoms. The van der Waals surface area contributed by atoms with Crippen molar-refractivity contribution in [3.8, 4) is 11.1 Å². The lowest BCUT2D eigenvalue weighted by molar-refractivity contribution is -0.126. The van der Waals surface area contributed by atoms with Gasteiger partial charge in [0.2, 0.25) is 5.91 Å². The average Bonchev–Trinajstić information content (AvgIpc) is 3.01. The summed E-state index contributed by atoms with van der Waals surface area (Å²) in [6, 6.07) is 22.0. The van der Waals surface area contributed by atoms with Gasteiger partial charge in [-0.2, -0.15) is 0 Å². The van der Waals surface area contributed by atoms with Gasteiger partial charge in [0.1, 0.15) is 5.82 Å². The van der Waals surface area contributed by atoms with E-state index in [1.54, 1.807) is 12.1 Å². The zero-order chi connectivity index (χ0) is 31.3. The summed E-state index contributed by atoms with van der Waals surface area (Å²) in [5, 5.41) is 3.05. The van der Waals surface area contributed by atoms with E-state index in [9.17, 15) is 21.8 Å². The van der Waals surface area contributed by atoms with Gasteiger partial charge in [-0.1, -0.05) is 48.5 Å². The van der Waals surface area contributed by atoms with Gasteiger partial charge >= 0.3 is 0 Å². The molecule has 236 valence electrons. The number of carbonyl (C=O) groups is 1. The fourth-order valence-electron chi connectivity index (χ4n) is 6.01. The highest BCUT2D eigenvalue weighted by Crippen LogP contribution is 2.28. The molecule has 0 aromatic heterocycles. The lowest BCUT2D eigenvalue weighted by Crippen LogP contribution is -2.41. The summed E-state index contributed by atoms with van der Waals surface area (Å²) in [5.74, 6) is 4.09. The Labute approximate surface area is 261 Å². The summed E-state index contributed by atoms with van der Waals surface area (Å²) in [6.45, 7) is 3.91. The third kappa shape index (κ3) is 8.56. The number of nitrogens with zero attached hydrogens (tertiary/aromatic N) is 1. The minimum absolute atomic E-state index is 0.00256. The molecule has 3 aromatic rings. The van der Waals surface area contributed by atoms with Crippen molar-refractivity contribution in [2.75, 3.05) is 31.1 Å². The molecule has 2 aliphatic rings. The molecule has 1 amide bonds. The van der Waals surface area contributed by atoms with Crippen molar-refractivity contribution < 1.29 is 21.8 Å². The van der Waals surface area contributed by atoms with Crippen molar-refractivity contribution in [3.63, 3.8) is 0 Å². The Balaban J connectivity index is 1.11. The molecule has 1 aliphatic heterocycles. The Bertz CT molecular complexity index is 1640. The van der Waals surface area contributed by atoms with Gasteiger partial charge in [-0.3, -0.25) is 4.79 Å². The van der Waals surface area contributed by atoms with Crippen molar-refractivity contribution in [1.82, 2.24) is 14.9 Å².